The Labute approximate surface area is 94.3 Å². The van der Waals surface area contributed by atoms with Crippen LogP contribution in [0.25, 0.3) is 0 Å². The smallest absolute Gasteiger partial charge is 0.432 e. The van der Waals surface area contributed by atoms with E-state index in [2.05, 4.69) is 4.74 Å². The van der Waals surface area contributed by atoms with Crippen molar-refractivity contribution in [1.29, 1.82) is 0 Å². The summed E-state index contributed by atoms with van der Waals surface area (Å²) in [5.41, 5.74) is -0.00776. The molecule has 0 saturated carbocycles. The SMILES string of the molecule is OB(O)c1cc(Cl)c(OC(F)F)c(Cl)c1. The molecule has 0 aromatic heterocycles. The number of benzene rings is 1. The van der Waals surface area contributed by atoms with Gasteiger partial charge >= 0.3 is 13.7 Å². The van der Waals surface area contributed by atoms with Crippen LogP contribution in [-0.2, 0) is 0 Å². The zero-order chi connectivity index (χ0) is 11.6. The van der Waals surface area contributed by atoms with Crippen molar-refractivity contribution in [2.45, 2.75) is 6.61 Å². The number of ether oxygens (including phenoxy) is 1. The van der Waals surface area contributed by atoms with E-state index in [9.17, 15) is 8.78 Å². The Balaban J connectivity index is 3.10. The van der Waals surface area contributed by atoms with Crippen molar-refractivity contribution in [2.24, 2.45) is 0 Å². The average Bonchev–Trinajstić information content (AvgIpc) is 2.10. The lowest BCUT2D eigenvalue weighted by molar-refractivity contribution is -0.0497. The number of hydrogen-bond acceptors (Lipinski definition) is 3. The summed E-state index contributed by atoms with van der Waals surface area (Å²) in [6, 6.07) is 2.16. The molecule has 1 aromatic carbocycles. The van der Waals surface area contributed by atoms with Crippen LogP contribution in [0.4, 0.5) is 8.78 Å². The van der Waals surface area contributed by atoms with E-state index in [0.717, 1.165) is 12.1 Å². The van der Waals surface area contributed by atoms with Crippen LogP contribution in [0.5, 0.6) is 5.75 Å². The highest BCUT2D eigenvalue weighted by Crippen LogP contribution is 2.32. The van der Waals surface area contributed by atoms with Gasteiger partial charge in [0, 0.05) is 0 Å². The van der Waals surface area contributed by atoms with E-state index in [1.165, 1.54) is 0 Å². The second-order valence-corrected chi connectivity index (χ2v) is 3.38. The van der Waals surface area contributed by atoms with Gasteiger partial charge in [-0.3, -0.25) is 0 Å². The molecule has 82 valence electrons. The molecule has 15 heavy (non-hydrogen) atoms. The van der Waals surface area contributed by atoms with E-state index in [1.807, 2.05) is 0 Å². The predicted molar refractivity (Wildman–Crippen MR) is 52.9 cm³/mol. The van der Waals surface area contributed by atoms with Gasteiger partial charge in [0.05, 0.1) is 10.0 Å². The molecular weight excluding hydrogens is 252 g/mol. The molecule has 0 aliphatic carbocycles. The van der Waals surface area contributed by atoms with Gasteiger partial charge in [-0.1, -0.05) is 23.2 Å². The predicted octanol–water partition coefficient (Wildman–Crippen LogP) is 1.27. The molecule has 0 unspecified atom stereocenters. The first-order chi connectivity index (χ1) is 6.91. The molecular formula is C7H5BCl2F2O3. The molecule has 3 nitrogen and oxygen atoms in total. The van der Waals surface area contributed by atoms with Crippen LogP contribution in [0, 0.1) is 0 Å². The third-order valence-electron chi connectivity index (χ3n) is 1.53. The van der Waals surface area contributed by atoms with Crippen molar-refractivity contribution in [3.05, 3.63) is 22.2 Å². The Morgan fingerprint density at radius 1 is 1.20 bits per heavy atom. The molecule has 0 bridgehead atoms. The summed E-state index contributed by atoms with van der Waals surface area (Å²) in [5, 5.41) is 17.2. The number of hydrogen-bond donors (Lipinski definition) is 2. The summed E-state index contributed by atoms with van der Waals surface area (Å²) in [7, 11) is -1.78. The van der Waals surface area contributed by atoms with Crippen LogP contribution >= 0.6 is 23.2 Å². The standard InChI is InChI=1S/C7H5BCl2F2O3/c9-4-1-3(8(13)14)2-5(10)6(4)15-7(11)12/h1-2,7,13-14H. The first-order valence-corrected chi connectivity index (χ1v) is 4.47. The van der Waals surface area contributed by atoms with Crippen molar-refractivity contribution >= 4 is 35.8 Å². The quantitative estimate of drug-likeness (QED) is 0.801. The van der Waals surface area contributed by atoms with E-state index >= 15 is 0 Å². The van der Waals surface area contributed by atoms with E-state index < -0.39 is 19.5 Å². The highest BCUT2D eigenvalue weighted by atomic mass is 35.5. The third-order valence-corrected chi connectivity index (χ3v) is 2.09. The molecule has 0 atom stereocenters. The van der Waals surface area contributed by atoms with E-state index in [1.54, 1.807) is 0 Å². The Bertz CT molecular complexity index is 339. The first-order valence-electron chi connectivity index (χ1n) is 3.71. The van der Waals surface area contributed by atoms with Crippen LogP contribution in [0.3, 0.4) is 0 Å². The minimum absolute atomic E-state index is 0.00776. The number of halogens is 4. The summed E-state index contributed by atoms with van der Waals surface area (Å²) in [5.74, 6) is -0.391. The average molecular weight is 257 g/mol. The summed E-state index contributed by atoms with van der Waals surface area (Å²) >= 11 is 11.1. The van der Waals surface area contributed by atoms with Gasteiger partial charge in [-0.15, -0.1) is 0 Å². The Kier molecular flexibility index (Phi) is 4.16. The molecule has 8 heteroatoms. The fourth-order valence-electron chi connectivity index (χ4n) is 0.930. The second-order valence-electron chi connectivity index (χ2n) is 2.57. The van der Waals surface area contributed by atoms with Gasteiger partial charge in [0.1, 0.15) is 0 Å². The summed E-state index contributed by atoms with van der Waals surface area (Å²) in [6.07, 6.45) is 0. The molecule has 0 aliphatic rings. The van der Waals surface area contributed by atoms with E-state index in [-0.39, 0.29) is 15.5 Å². The maximum Gasteiger partial charge on any atom is 0.488 e. The van der Waals surface area contributed by atoms with Crippen molar-refractivity contribution in [1.82, 2.24) is 0 Å². The maximum absolute atomic E-state index is 11.9. The van der Waals surface area contributed by atoms with Gasteiger partial charge in [0.25, 0.3) is 0 Å². The van der Waals surface area contributed by atoms with Gasteiger partial charge in [0.2, 0.25) is 0 Å². The minimum atomic E-state index is -3.05. The largest absolute Gasteiger partial charge is 0.488 e. The monoisotopic (exact) mass is 256 g/mol. The number of alkyl halides is 2. The minimum Gasteiger partial charge on any atom is -0.432 e. The van der Waals surface area contributed by atoms with Crippen LogP contribution in [0.2, 0.25) is 10.0 Å². The van der Waals surface area contributed by atoms with Crippen LogP contribution < -0.4 is 10.2 Å². The van der Waals surface area contributed by atoms with Gasteiger partial charge in [-0.25, -0.2) is 0 Å². The summed E-state index contributed by atoms with van der Waals surface area (Å²) < 4.78 is 27.9. The summed E-state index contributed by atoms with van der Waals surface area (Å²) in [6.45, 7) is -3.05. The van der Waals surface area contributed by atoms with E-state index in [0.29, 0.717) is 0 Å². The lowest BCUT2D eigenvalue weighted by Crippen LogP contribution is -2.29. The van der Waals surface area contributed by atoms with Crippen LogP contribution in [-0.4, -0.2) is 23.8 Å². The number of rotatable bonds is 3. The Hall–Kier alpha value is -0.555. The second kappa shape index (κ2) is 4.98. The Morgan fingerprint density at radius 3 is 2.00 bits per heavy atom. The zero-order valence-corrected chi connectivity index (χ0v) is 8.64. The van der Waals surface area contributed by atoms with Crippen molar-refractivity contribution < 1.29 is 23.6 Å². The molecule has 0 fully saturated rings. The molecule has 1 aromatic rings. The fourth-order valence-corrected chi connectivity index (χ4v) is 1.52. The molecule has 0 heterocycles. The van der Waals surface area contributed by atoms with Crippen molar-refractivity contribution in [2.75, 3.05) is 0 Å². The Morgan fingerprint density at radius 2 is 1.67 bits per heavy atom. The highest BCUT2D eigenvalue weighted by Gasteiger charge is 2.18. The molecule has 2 N–H and O–H groups in total. The van der Waals surface area contributed by atoms with Gasteiger partial charge < -0.3 is 14.8 Å². The molecule has 0 spiro atoms. The first kappa shape index (κ1) is 12.5. The molecule has 0 aliphatic heterocycles. The lowest BCUT2D eigenvalue weighted by atomic mass is 9.80. The third kappa shape index (κ3) is 3.20. The normalized spacial score (nSPS) is 10.6. The zero-order valence-electron chi connectivity index (χ0n) is 7.12. The topological polar surface area (TPSA) is 49.7 Å². The van der Waals surface area contributed by atoms with Crippen molar-refractivity contribution in [3.63, 3.8) is 0 Å². The fraction of sp³-hybridized carbons (Fsp3) is 0.143. The lowest BCUT2D eigenvalue weighted by Gasteiger charge is -2.10. The van der Waals surface area contributed by atoms with Gasteiger partial charge in [-0.2, -0.15) is 8.78 Å². The molecule has 0 saturated heterocycles. The molecule has 0 radical (unpaired) electrons. The van der Waals surface area contributed by atoms with E-state index in [4.69, 9.17) is 33.2 Å². The molecule has 1 rings (SSSR count). The summed E-state index contributed by atoms with van der Waals surface area (Å²) in [4.78, 5) is 0. The van der Waals surface area contributed by atoms with Gasteiger partial charge in [-0.05, 0) is 17.6 Å². The van der Waals surface area contributed by atoms with Gasteiger partial charge in [0.15, 0.2) is 5.75 Å². The van der Waals surface area contributed by atoms with Crippen LogP contribution in [0.15, 0.2) is 12.1 Å². The highest BCUT2D eigenvalue weighted by molar-refractivity contribution is 6.59. The van der Waals surface area contributed by atoms with Crippen molar-refractivity contribution in [3.8, 4) is 5.75 Å². The van der Waals surface area contributed by atoms with Crippen LogP contribution in [0.1, 0.15) is 0 Å². The maximum atomic E-state index is 11.9. The molecule has 0 amide bonds.